The van der Waals surface area contributed by atoms with Gasteiger partial charge in [0.05, 0.1) is 10.5 Å². The molecule has 19 heavy (non-hydrogen) atoms. The second-order valence-corrected chi connectivity index (χ2v) is 3.80. The van der Waals surface area contributed by atoms with Gasteiger partial charge in [-0.1, -0.05) is 6.92 Å². The normalized spacial score (nSPS) is 12.4. The third-order valence-electron chi connectivity index (χ3n) is 2.40. The van der Waals surface area contributed by atoms with E-state index in [1.54, 1.807) is 6.92 Å². The maximum Gasteiger partial charge on any atom is 0.416 e. The van der Waals surface area contributed by atoms with Crippen LogP contribution >= 0.6 is 0 Å². The van der Waals surface area contributed by atoms with Gasteiger partial charge in [-0.05, 0) is 25.5 Å². The number of nitro benzene ring substituents is 1. The van der Waals surface area contributed by atoms with Gasteiger partial charge in [-0.3, -0.25) is 15.5 Å². The lowest BCUT2D eigenvalue weighted by Crippen LogP contribution is -2.07. The largest absolute Gasteiger partial charge is 0.416 e. The second-order valence-electron chi connectivity index (χ2n) is 3.80. The molecule has 1 N–H and O–H groups in total. The molecule has 0 aromatic heterocycles. The molecular formula is C11H12F3N3O2. The van der Waals surface area contributed by atoms with Gasteiger partial charge >= 0.3 is 6.18 Å². The minimum absolute atomic E-state index is 0.0780. The monoisotopic (exact) mass is 275 g/mol. The van der Waals surface area contributed by atoms with Crippen molar-refractivity contribution in [2.24, 2.45) is 5.10 Å². The molecule has 0 saturated heterocycles. The highest BCUT2D eigenvalue weighted by Crippen LogP contribution is 2.34. The minimum atomic E-state index is -4.62. The number of rotatable bonds is 4. The van der Waals surface area contributed by atoms with Crippen LogP contribution in [0.4, 0.5) is 24.5 Å². The molecule has 0 aliphatic rings. The number of hydrogen-bond donors (Lipinski definition) is 1. The van der Waals surface area contributed by atoms with Crippen LogP contribution in [0.25, 0.3) is 0 Å². The summed E-state index contributed by atoms with van der Waals surface area (Å²) < 4.78 is 37.4. The standard InChI is InChI=1S/C11H12F3N3O2/c1-3-7(2)15-16-9-5-4-8(11(12,13)14)6-10(9)17(18)19/h4-6,16H,3H2,1-2H3/b15-7-. The number of anilines is 1. The maximum absolute atomic E-state index is 12.5. The summed E-state index contributed by atoms with van der Waals surface area (Å²) >= 11 is 0. The molecule has 0 fully saturated rings. The van der Waals surface area contributed by atoms with Crippen molar-refractivity contribution in [2.45, 2.75) is 26.4 Å². The van der Waals surface area contributed by atoms with Crippen molar-refractivity contribution in [1.29, 1.82) is 0 Å². The van der Waals surface area contributed by atoms with Crippen molar-refractivity contribution in [1.82, 2.24) is 0 Å². The van der Waals surface area contributed by atoms with Crippen LogP contribution in [0.3, 0.4) is 0 Å². The van der Waals surface area contributed by atoms with Crippen molar-refractivity contribution in [3.8, 4) is 0 Å². The third-order valence-corrected chi connectivity index (χ3v) is 2.40. The van der Waals surface area contributed by atoms with Crippen molar-refractivity contribution in [3.63, 3.8) is 0 Å². The number of hydrogen-bond acceptors (Lipinski definition) is 4. The van der Waals surface area contributed by atoms with E-state index in [0.29, 0.717) is 18.2 Å². The first-order valence-electron chi connectivity index (χ1n) is 5.40. The van der Waals surface area contributed by atoms with Crippen molar-refractivity contribution in [2.75, 3.05) is 5.43 Å². The molecule has 0 unspecified atom stereocenters. The van der Waals surface area contributed by atoms with E-state index in [1.165, 1.54) is 0 Å². The van der Waals surface area contributed by atoms with Gasteiger partial charge in [-0.15, -0.1) is 0 Å². The molecule has 0 aliphatic carbocycles. The summed E-state index contributed by atoms with van der Waals surface area (Å²) in [6, 6.07) is 2.25. The lowest BCUT2D eigenvalue weighted by molar-refractivity contribution is -0.384. The number of nitro groups is 1. The molecule has 1 aromatic carbocycles. The Morgan fingerprint density at radius 3 is 2.58 bits per heavy atom. The summed E-state index contributed by atoms with van der Waals surface area (Å²) in [6.45, 7) is 3.53. The Balaban J connectivity index is 3.16. The Bertz CT molecular complexity index is 512. The van der Waals surface area contributed by atoms with Crippen LogP contribution in [0, 0.1) is 10.1 Å². The first kappa shape index (κ1) is 14.9. The van der Waals surface area contributed by atoms with Gasteiger partial charge < -0.3 is 0 Å². The highest BCUT2D eigenvalue weighted by Gasteiger charge is 2.33. The quantitative estimate of drug-likeness (QED) is 0.516. The van der Waals surface area contributed by atoms with E-state index in [-0.39, 0.29) is 5.69 Å². The molecule has 1 aromatic rings. The van der Waals surface area contributed by atoms with Crippen LogP contribution in [0.15, 0.2) is 23.3 Å². The minimum Gasteiger partial charge on any atom is -0.272 e. The molecule has 0 saturated carbocycles. The Hall–Kier alpha value is -2.12. The van der Waals surface area contributed by atoms with Crippen molar-refractivity contribution >= 4 is 17.1 Å². The zero-order valence-corrected chi connectivity index (χ0v) is 10.3. The third kappa shape index (κ3) is 3.94. The lowest BCUT2D eigenvalue weighted by atomic mass is 10.1. The number of hydrazone groups is 1. The number of benzene rings is 1. The fourth-order valence-corrected chi connectivity index (χ4v) is 1.19. The van der Waals surface area contributed by atoms with Crippen molar-refractivity contribution in [3.05, 3.63) is 33.9 Å². The maximum atomic E-state index is 12.5. The van der Waals surface area contributed by atoms with E-state index in [2.05, 4.69) is 10.5 Å². The van der Waals surface area contributed by atoms with Gasteiger partial charge in [0.15, 0.2) is 0 Å². The number of halogens is 3. The first-order chi connectivity index (χ1) is 8.75. The Labute approximate surface area is 107 Å². The zero-order chi connectivity index (χ0) is 14.6. The summed E-state index contributed by atoms with van der Waals surface area (Å²) in [6.07, 6.45) is -3.99. The fourth-order valence-electron chi connectivity index (χ4n) is 1.19. The highest BCUT2D eigenvalue weighted by molar-refractivity contribution is 5.82. The average Bonchev–Trinajstić information content (AvgIpc) is 2.34. The molecule has 0 bridgehead atoms. The molecule has 8 heteroatoms. The molecule has 0 aliphatic heterocycles. The van der Waals surface area contributed by atoms with Gasteiger partial charge in [0.1, 0.15) is 5.69 Å². The van der Waals surface area contributed by atoms with Crippen LogP contribution in [0.2, 0.25) is 0 Å². The van der Waals surface area contributed by atoms with E-state index in [9.17, 15) is 23.3 Å². The van der Waals surface area contributed by atoms with Gasteiger partial charge in [0.25, 0.3) is 5.69 Å². The SMILES string of the molecule is CC/C(C)=N\Nc1ccc(C(F)(F)F)cc1[N+](=O)[O-]. The second kappa shape index (κ2) is 5.68. The predicted octanol–water partition coefficient (Wildman–Crippen LogP) is 3.81. The first-order valence-corrected chi connectivity index (χ1v) is 5.40. The predicted molar refractivity (Wildman–Crippen MR) is 65.1 cm³/mol. The van der Waals surface area contributed by atoms with Gasteiger partial charge in [-0.25, -0.2) is 0 Å². The molecule has 104 valence electrons. The molecule has 0 heterocycles. The Morgan fingerprint density at radius 2 is 2.11 bits per heavy atom. The molecule has 0 amide bonds. The van der Waals surface area contributed by atoms with E-state index in [4.69, 9.17) is 0 Å². The van der Waals surface area contributed by atoms with Crippen LogP contribution < -0.4 is 5.43 Å². The molecule has 0 spiro atoms. The number of alkyl halides is 3. The summed E-state index contributed by atoms with van der Waals surface area (Å²) in [5, 5.41) is 14.6. The van der Waals surface area contributed by atoms with E-state index in [0.717, 1.165) is 12.1 Å². The summed E-state index contributed by atoms with van der Waals surface area (Å²) in [4.78, 5) is 9.88. The summed E-state index contributed by atoms with van der Waals surface area (Å²) in [7, 11) is 0. The average molecular weight is 275 g/mol. The summed E-state index contributed by atoms with van der Waals surface area (Å²) in [5.41, 5.74) is 1.27. The summed E-state index contributed by atoms with van der Waals surface area (Å²) in [5.74, 6) is 0. The van der Waals surface area contributed by atoms with Gasteiger partial charge in [0, 0.05) is 11.8 Å². The smallest absolute Gasteiger partial charge is 0.272 e. The van der Waals surface area contributed by atoms with Crippen LogP contribution in [0.5, 0.6) is 0 Å². The van der Waals surface area contributed by atoms with Crippen LogP contribution in [0.1, 0.15) is 25.8 Å². The molecule has 1 rings (SSSR count). The Morgan fingerprint density at radius 1 is 1.47 bits per heavy atom. The lowest BCUT2D eigenvalue weighted by Gasteiger charge is -2.08. The zero-order valence-electron chi connectivity index (χ0n) is 10.3. The van der Waals surface area contributed by atoms with E-state index in [1.807, 2.05) is 6.92 Å². The molecule has 0 atom stereocenters. The highest BCUT2D eigenvalue weighted by atomic mass is 19.4. The van der Waals surface area contributed by atoms with Crippen LogP contribution in [-0.2, 0) is 6.18 Å². The van der Waals surface area contributed by atoms with Crippen molar-refractivity contribution < 1.29 is 18.1 Å². The van der Waals surface area contributed by atoms with Gasteiger partial charge in [-0.2, -0.15) is 18.3 Å². The number of nitrogens with zero attached hydrogens (tertiary/aromatic N) is 2. The molecule has 0 radical (unpaired) electrons. The fraction of sp³-hybridized carbons (Fsp3) is 0.364. The molecule has 5 nitrogen and oxygen atoms in total. The Kier molecular flexibility index (Phi) is 4.47. The van der Waals surface area contributed by atoms with E-state index < -0.39 is 22.4 Å². The van der Waals surface area contributed by atoms with Crippen LogP contribution in [-0.4, -0.2) is 10.6 Å². The van der Waals surface area contributed by atoms with E-state index >= 15 is 0 Å². The topological polar surface area (TPSA) is 67.5 Å². The van der Waals surface area contributed by atoms with Gasteiger partial charge in [0.2, 0.25) is 0 Å². The molecular weight excluding hydrogens is 263 g/mol. The number of nitrogens with one attached hydrogen (secondary N) is 1.